The summed E-state index contributed by atoms with van der Waals surface area (Å²) in [5, 5.41) is 0. The molecule has 3 heteroatoms. The van der Waals surface area contributed by atoms with E-state index in [1.165, 1.54) is 17.5 Å². The van der Waals surface area contributed by atoms with Crippen LogP contribution in [0.2, 0.25) is 0 Å². The van der Waals surface area contributed by atoms with E-state index in [-0.39, 0.29) is 0 Å². The monoisotopic (exact) mass is 310 g/mol. The largest absolute Gasteiger partial charge is 0.493 e. The topological polar surface area (TPSA) is 38.5 Å². The van der Waals surface area contributed by atoms with Crippen LogP contribution in [0.3, 0.4) is 0 Å². The molecule has 0 bridgehead atoms. The van der Waals surface area contributed by atoms with Gasteiger partial charge < -0.3 is 10.5 Å². The third-order valence-electron chi connectivity index (χ3n) is 4.54. The van der Waals surface area contributed by atoms with E-state index in [0.717, 1.165) is 38.3 Å². The lowest BCUT2D eigenvalue weighted by molar-refractivity contribution is 0.314. The lowest BCUT2D eigenvalue weighted by Gasteiger charge is -2.16. The second-order valence-electron chi connectivity index (χ2n) is 6.35. The van der Waals surface area contributed by atoms with Crippen molar-refractivity contribution in [3.05, 3.63) is 65.7 Å². The van der Waals surface area contributed by atoms with Crippen LogP contribution in [0.4, 0.5) is 0 Å². The summed E-state index contributed by atoms with van der Waals surface area (Å²) in [6.07, 6.45) is 2.17. The van der Waals surface area contributed by atoms with Crippen LogP contribution in [0, 0.1) is 5.92 Å². The Morgan fingerprint density at radius 3 is 2.48 bits per heavy atom. The van der Waals surface area contributed by atoms with E-state index in [1.54, 1.807) is 0 Å². The zero-order chi connectivity index (χ0) is 15.9. The van der Waals surface area contributed by atoms with Gasteiger partial charge in [0.2, 0.25) is 0 Å². The van der Waals surface area contributed by atoms with Crippen molar-refractivity contribution >= 4 is 0 Å². The summed E-state index contributed by atoms with van der Waals surface area (Å²) in [6, 6.07) is 19.0. The van der Waals surface area contributed by atoms with Gasteiger partial charge >= 0.3 is 0 Å². The van der Waals surface area contributed by atoms with Crippen LogP contribution in [0.1, 0.15) is 17.5 Å². The molecule has 1 aliphatic heterocycles. The Morgan fingerprint density at radius 1 is 1.00 bits per heavy atom. The molecule has 1 saturated heterocycles. The number of benzene rings is 2. The third-order valence-corrected chi connectivity index (χ3v) is 4.54. The molecule has 23 heavy (non-hydrogen) atoms. The Balaban J connectivity index is 1.44. The molecule has 1 atom stereocenters. The fraction of sp³-hybridized carbons (Fsp3) is 0.400. The molecule has 0 saturated carbocycles. The number of likely N-dealkylation sites (tertiary alicyclic amines) is 1. The van der Waals surface area contributed by atoms with E-state index < -0.39 is 0 Å². The van der Waals surface area contributed by atoms with E-state index >= 15 is 0 Å². The molecule has 0 aliphatic carbocycles. The van der Waals surface area contributed by atoms with Crippen molar-refractivity contribution in [3.63, 3.8) is 0 Å². The molecule has 3 nitrogen and oxygen atoms in total. The second kappa shape index (κ2) is 8.14. The molecule has 0 radical (unpaired) electrons. The summed E-state index contributed by atoms with van der Waals surface area (Å²) in [5.74, 6) is 1.63. The lowest BCUT2D eigenvalue weighted by atomic mass is 10.1. The van der Waals surface area contributed by atoms with E-state index in [4.69, 9.17) is 10.5 Å². The van der Waals surface area contributed by atoms with E-state index in [9.17, 15) is 0 Å². The van der Waals surface area contributed by atoms with Crippen molar-refractivity contribution in [2.45, 2.75) is 19.4 Å². The smallest absolute Gasteiger partial charge is 0.119 e. The first-order valence-corrected chi connectivity index (χ1v) is 8.51. The number of nitrogens with zero attached hydrogens (tertiary/aromatic N) is 1. The van der Waals surface area contributed by atoms with Gasteiger partial charge in [0.15, 0.2) is 0 Å². The minimum atomic E-state index is 0.676. The Kier molecular flexibility index (Phi) is 5.67. The van der Waals surface area contributed by atoms with Crippen molar-refractivity contribution in [1.29, 1.82) is 0 Å². The van der Waals surface area contributed by atoms with Crippen LogP contribution in [0.25, 0.3) is 0 Å². The normalized spacial score (nSPS) is 18.2. The maximum Gasteiger partial charge on any atom is 0.119 e. The first-order valence-electron chi connectivity index (χ1n) is 8.51. The van der Waals surface area contributed by atoms with E-state index in [0.29, 0.717) is 12.5 Å². The number of hydrogen-bond donors (Lipinski definition) is 1. The zero-order valence-corrected chi connectivity index (χ0v) is 13.7. The number of nitrogens with two attached hydrogens (primary N) is 1. The fourth-order valence-corrected chi connectivity index (χ4v) is 3.13. The predicted octanol–water partition coefficient (Wildman–Crippen LogP) is 3.09. The Morgan fingerprint density at radius 2 is 1.78 bits per heavy atom. The van der Waals surface area contributed by atoms with Crippen LogP contribution >= 0.6 is 0 Å². The predicted molar refractivity (Wildman–Crippen MR) is 94.5 cm³/mol. The van der Waals surface area contributed by atoms with Crippen molar-refractivity contribution in [1.82, 2.24) is 4.90 Å². The molecule has 1 heterocycles. The van der Waals surface area contributed by atoms with E-state index in [2.05, 4.69) is 53.4 Å². The fourth-order valence-electron chi connectivity index (χ4n) is 3.13. The molecule has 1 aliphatic rings. The van der Waals surface area contributed by atoms with Gasteiger partial charge in [-0.2, -0.15) is 0 Å². The first kappa shape index (κ1) is 16.0. The van der Waals surface area contributed by atoms with Crippen LogP contribution in [-0.2, 0) is 13.0 Å². The van der Waals surface area contributed by atoms with Crippen LogP contribution in [-0.4, -0.2) is 31.1 Å². The molecular weight excluding hydrogens is 284 g/mol. The maximum absolute atomic E-state index is 5.84. The Bertz CT molecular complexity index is 582. The summed E-state index contributed by atoms with van der Waals surface area (Å²) < 4.78 is 5.84. The highest BCUT2D eigenvalue weighted by Crippen LogP contribution is 2.19. The lowest BCUT2D eigenvalue weighted by Crippen LogP contribution is -2.22. The Hall–Kier alpha value is -1.84. The summed E-state index contributed by atoms with van der Waals surface area (Å²) in [5.41, 5.74) is 8.41. The highest BCUT2D eigenvalue weighted by molar-refractivity contribution is 5.27. The van der Waals surface area contributed by atoms with Crippen molar-refractivity contribution < 1.29 is 4.74 Å². The molecule has 2 aromatic carbocycles. The summed E-state index contributed by atoms with van der Waals surface area (Å²) in [7, 11) is 0. The summed E-state index contributed by atoms with van der Waals surface area (Å²) in [4.78, 5) is 2.49. The van der Waals surface area contributed by atoms with Crippen LogP contribution < -0.4 is 10.5 Å². The van der Waals surface area contributed by atoms with Crippen LogP contribution in [0.15, 0.2) is 54.6 Å². The zero-order valence-electron chi connectivity index (χ0n) is 13.7. The molecule has 0 amide bonds. The average molecular weight is 310 g/mol. The van der Waals surface area contributed by atoms with E-state index in [1.807, 2.05) is 6.07 Å². The number of hydrogen-bond acceptors (Lipinski definition) is 3. The summed E-state index contributed by atoms with van der Waals surface area (Å²) >= 11 is 0. The van der Waals surface area contributed by atoms with Gasteiger partial charge in [-0.05, 0) is 48.7 Å². The van der Waals surface area contributed by atoms with Crippen LogP contribution in [0.5, 0.6) is 5.75 Å². The summed E-state index contributed by atoms with van der Waals surface area (Å²) in [6.45, 7) is 4.84. The standard InChI is InChI=1S/C20H26N2O/c21-14-19-10-12-22(16-19)15-18-6-8-20(9-7-18)23-13-11-17-4-2-1-3-5-17/h1-9,19H,10-16,21H2/t19-/m1/s1. The van der Waals surface area contributed by atoms with Gasteiger partial charge in [0.25, 0.3) is 0 Å². The van der Waals surface area contributed by atoms with Gasteiger partial charge in [-0.25, -0.2) is 0 Å². The highest BCUT2D eigenvalue weighted by Gasteiger charge is 2.20. The molecular formula is C20H26N2O. The molecule has 3 rings (SSSR count). The highest BCUT2D eigenvalue weighted by atomic mass is 16.5. The molecule has 0 spiro atoms. The molecule has 1 fully saturated rings. The van der Waals surface area contributed by atoms with Gasteiger partial charge in [0.05, 0.1) is 6.61 Å². The van der Waals surface area contributed by atoms with Gasteiger partial charge in [0.1, 0.15) is 5.75 Å². The molecule has 2 N–H and O–H groups in total. The van der Waals surface area contributed by atoms with Crippen molar-refractivity contribution in [2.75, 3.05) is 26.2 Å². The van der Waals surface area contributed by atoms with Gasteiger partial charge in [-0.3, -0.25) is 4.90 Å². The number of rotatable bonds is 7. The SMILES string of the molecule is NC[C@H]1CCN(Cc2ccc(OCCc3ccccc3)cc2)C1. The molecule has 0 unspecified atom stereocenters. The van der Waals surface area contributed by atoms with Gasteiger partial charge in [-0.15, -0.1) is 0 Å². The van der Waals surface area contributed by atoms with Crippen molar-refractivity contribution in [2.24, 2.45) is 11.7 Å². The third kappa shape index (κ3) is 4.81. The average Bonchev–Trinajstić information content (AvgIpc) is 3.05. The van der Waals surface area contributed by atoms with Gasteiger partial charge in [-0.1, -0.05) is 42.5 Å². The molecule has 0 aromatic heterocycles. The van der Waals surface area contributed by atoms with Gasteiger partial charge in [0, 0.05) is 19.5 Å². The number of ether oxygens (including phenoxy) is 1. The second-order valence-corrected chi connectivity index (χ2v) is 6.35. The molecule has 122 valence electrons. The van der Waals surface area contributed by atoms with Crippen molar-refractivity contribution in [3.8, 4) is 5.75 Å². The minimum absolute atomic E-state index is 0.676. The minimum Gasteiger partial charge on any atom is -0.493 e. The maximum atomic E-state index is 5.84. The Labute approximate surface area is 139 Å². The molecule has 2 aromatic rings. The first-order chi connectivity index (χ1) is 11.3. The quantitative estimate of drug-likeness (QED) is 0.854.